The maximum Gasteiger partial charge on any atom is 0.200 e. The number of hydrogen-bond donors (Lipinski definition) is 0. The minimum Gasteiger partial charge on any atom is -0.493 e. The van der Waals surface area contributed by atoms with Crippen molar-refractivity contribution in [3.63, 3.8) is 0 Å². The van der Waals surface area contributed by atoms with E-state index in [1.165, 1.54) is 19.6 Å². The van der Waals surface area contributed by atoms with Crippen molar-refractivity contribution >= 4 is 90.7 Å². The van der Waals surface area contributed by atoms with E-state index in [-0.39, 0.29) is 16.3 Å². The van der Waals surface area contributed by atoms with Gasteiger partial charge in [-0.3, -0.25) is 9.59 Å². The van der Waals surface area contributed by atoms with Crippen LogP contribution in [0.5, 0.6) is 11.5 Å². The zero-order valence-corrected chi connectivity index (χ0v) is 40.2. The Hall–Kier alpha value is -3.78. The van der Waals surface area contributed by atoms with Crippen molar-refractivity contribution < 1.29 is 33.3 Å². The minimum absolute atomic E-state index is 0. The summed E-state index contributed by atoms with van der Waals surface area (Å²) in [4.78, 5) is 38.3. The number of alkyl halides is 2. The SMILES string of the molecule is O.O=c1cc(-c2cccc3c2Sc2ccc(OCCBr)cc2S3)oc(N2CCOCC2)c1.O=c1cc(-c2cccc3c2Sc2ccc(OCCBr)cc2S3)oc(N2CCOCC2)c1. The van der Waals surface area contributed by atoms with Crippen molar-refractivity contribution in [2.24, 2.45) is 0 Å². The predicted octanol–water partition coefficient (Wildman–Crippen LogP) is 10.2. The van der Waals surface area contributed by atoms with E-state index in [2.05, 4.69) is 78.1 Å². The Bertz CT molecular complexity index is 2510. The normalized spacial score (nSPS) is 15.1. The zero-order valence-electron chi connectivity index (χ0n) is 33.8. The van der Waals surface area contributed by atoms with Crippen LogP contribution in [0.1, 0.15) is 0 Å². The number of benzene rings is 4. The molecular formula is C46H42Br2N2O9S4. The van der Waals surface area contributed by atoms with E-state index in [4.69, 9.17) is 27.8 Å². The standard InChI is InChI=1S/2C23H20BrNO4S2.H2O/c2*24-6-9-28-16-4-5-19-21(14-16)30-20-3-1-2-17(23(20)31-19)18-12-15(26)13-22(29-18)25-7-10-27-11-8-25;/h2*1-5,12-14H,6-11H2;1H2. The highest BCUT2D eigenvalue weighted by atomic mass is 79.9. The van der Waals surface area contributed by atoms with Crippen LogP contribution in [0.3, 0.4) is 0 Å². The Morgan fingerprint density at radius 1 is 0.508 bits per heavy atom. The molecule has 0 saturated carbocycles. The summed E-state index contributed by atoms with van der Waals surface area (Å²) in [6.45, 7) is 6.70. The monoisotopic (exact) mass is 1050 g/mol. The molecule has 4 aliphatic rings. The van der Waals surface area contributed by atoms with Crippen LogP contribution in [0.4, 0.5) is 11.8 Å². The predicted molar refractivity (Wildman–Crippen MR) is 258 cm³/mol. The minimum atomic E-state index is -0.0530. The molecule has 11 nitrogen and oxygen atoms in total. The molecule has 4 aromatic carbocycles. The molecule has 2 aromatic heterocycles. The zero-order chi connectivity index (χ0) is 42.4. The molecule has 10 rings (SSSR count). The third-order valence-corrected chi connectivity index (χ3v) is 15.9. The quantitative estimate of drug-likeness (QED) is 0.120. The average Bonchev–Trinajstić information content (AvgIpc) is 3.31. The summed E-state index contributed by atoms with van der Waals surface area (Å²) in [7, 11) is 0. The molecule has 6 aromatic rings. The van der Waals surface area contributed by atoms with E-state index in [1.54, 1.807) is 71.3 Å². The lowest BCUT2D eigenvalue weighted by Crippen LogP contribution is -2.36. The van der Waals surface area contributed by atoms with Crippen LogP contribution in [-0.2, 0) is 9.47 Å². The number of rotatable bonds is 10. The molecule has 2 saturated heterocycles. The maximum atomic E-state index is 12.5. The van der Waals surface area contributed by atoms with Gasteiger partial charge in [-0.1, -0.05) is 103 Å². The fourth-order valence-electron chi connectivity index (χ4n) is 7.12. The van der Waals surface area contributed by atoms with Gasteiger partial charge in [-0.25, -0.2) is 0 Å². The Kier molecular flexibility index (Phi) is 15.6. The number of ether oxygens (including phenoxy) is 4. The Balaban J connectivity index is 0.000000170. The lowest BCUT2D eigenvalue weighted by Gasteiger charge is -2.27. The van der Waals surface area contributed by atoms with Gasteiger partial charge in [0, 0.05) is 111 Å². The van der Waals surface area contributed by atoms with Gasteiger partial charge in [-0.05, 0) is 48.5 Å². The van der Waals surface area contributed by atoms with Crippen LogP contribution >= 0.6 is 78.9 Å². The highest BCUT2D eigenvalue weighted by molar-refractivity contribution is 9.09. The van der Waals surface area contributed by atoms with Gasteiger partial charge < -0.3 is 43.1 Å². The van der Waals surface area contributed by atoms with Gasteiger partial charge in [0.1, 0.15) is 23.0 Å². The smallest absolute Gasteiger partial charge is 0.200 e. The van der Waals surface area contributed by atoms with Crippen LogP contribution < -0.4 is 30.1 Å². The van der Waals surface area contributed by atoms with Crippen LogP contribution in [0.2, 0.25) is 0 Å². The lowest BCUT2D eigenvalue weighted by molar-refractivity contribution is 0.120. The van der Waals surface area contributed by atoms with Crippen molar-refractivity contribution in [1.29, 1.82) is 0 Å². The summed E-state index contributed by atoms with van der Waals surface area (Å²) in [5, 5.41) is 1.60. The molecule has 0 amide bonds. The first-order chi connectivity index (χ1) is 30.4. The first-order valence-electron chi connectivity index (χ1n) is 20.0. The van der Waals surface area contributed by atoms with Gasteiger partial charge in [-0.15, -0.1) is 0 Å². The average molecular weight is 1050 g/mol. The molecule has 63 heavy (non-hydrogen) atoms. The van der Waals surface area contributed by atoms with Crippen LogP contribution in [0.15, 0.2) is 155 Å². The number of nitrogens with zero attached hydrogens (tertiary/aromatic N) is 2. The van der Waals surface area contributed by atoms with Crippen LogP contribution in [0, 0.1) is 0 Å². The number of fused-ring (bicyclic) bond motifs is 4. The Morgan fingerprint density at radius 2 is 0.937 bits per heavy atom. The number of anilines is 2. The summed E-state index contributed by atoms with van der Waals surface area (Å²) in [5.41, 5.74) is 1.77. The van der Waals surface area contributed by atoms with E-state index in [0.29, 0.717) is 62.9 Å². The van der Waals surface area contributed by atoms with Crippen molar-refractivity contribution in [3.8, 4) is 34.1 Å². The lowest BCUT2D eigenvalue weighted by atomic mass is 10.1. The van der Waals surface area contributed by atoms with E-state index in [1.807, 2.05) is 36.4 Å². The number of halogens is 2. The molecule has 0 spiro atoms. The topological polar surface area (TPSA) is 135 Å². The molecule has 4 aliphatic heterocycles. The van der Waals surface area contributed by atoms with Crippen LogP contribution in [0.25, 0.3) is 22.6 Å². The van der Waals surface area contributed by atoms with Gasteiger partial charge in [0.25, 0.3) is 0 Å². The highest BCUT2D eigenvalue weighted by Gasteiger charge is 2.25. The molecule has 0 radical (unpaired) electrons. The highest BCUT2D eigenvalue weighted by Crippen LogP contribution is 2.54. The summed E-state index contributed by atoms with van der Waals surface area (Å²) in [6, 6.07) is 30.9. The molecule has 0 atom stereocenters. The van der Waals surface area contributed by atoms with Gasteiger partial charge in [0.05, 0.1) is 39.6 Å². The van der Waals surface area contributed by atoms with Crippen LogP contribution in [-0.4, -0.2) is 82.0 Å². The molecule has 2 N–H and O–H groups in total. The van der Waals surface area contributed by atoms with E-state index < -0.39 is 0 Å². The molecule has 0 bridgehead atoms. The molecule has 0 unspecified atom stereocenters. The van der Waals surface area contributed by atoms with Crippen molar-refractivity contribution in [1.82, 2.24) is 0 Å². The molecule has 0 aliphatic carbocycles. The second-order valence-corrected chi connectivity index (χ2v) is 20.0. The van der Waals surface area contributed by atoms with Crippen molar-refractivity contribution in [2.45, 2.75) is 39.2 Å². The van der Waals surface area contributed by atoms with Crippen molar-refractivity contribution in [3.05, 3.63) is 118 Å². The molecule has 17 heteroatoms. The number of morpholine rings is 2. The number of hydrogen-bond acceptors (Lipinski definition) is 14. The molecule has 2 fully saturated rings. The Morgan fingerprint density at radius 3 is 1.35 bits per heavy atom. The van der Waals surface area contributed by atoms with Gasteiger partial charge >= 0.3 is 0 Å². The van der Waals surface area contributed by atoms with Crippen molar-refractivity contribution in [2.75, 3.05) is 86.3 Å². The molecular weight excluding hydrogens is 1010 g/mol. The largest absolute Gasteiger partial charge is 0.493 e. The van der Waals surface area contributed by atoms with E-state index in [0.717, 1.165) is 79.0 Å². The second-order valence-electron chi connectivity index (χ2n) is 14.2. The summed E-state index contributed by atoms with van der Waals surface area (Å²) >= 11 is 13.6. The van der Waals surface area contributed by atoms with E-state index in [9.17, 15) is 9.59 Å². The van der Waals surface area contributed by atoms with Gasteiger partial charge in [-0.2, -0.15) is 0 Å². The Labute approximate surface area is 398 Å². The molecule has 6 heterocycles. The fraction of sp³-hybridized carbons (Fsp3) is 0.261. The first-order valence-corrected chi connectivity index (χ1v) is 25.5. The third kappa shape index (κ3) is 10.9. The fourth-order valence-corrected chi connectivity index (χ4v) is 12.2. The molecule has 328 valence electrons. The summed E-state index contributed by atoms with van der Waals surface area (Å²) in [5.74, 6) is 4.14. The third-order valence-electron chi connectivity index (χ3n) is 10.0. The maximum absolute atomic E-state index is 12.5. The first kappa shape index (κ1) is 45.8. The van der Waals surface area contributed by atoms with Gasteiger partial charge in [0.2, 0.25) is 0 Å². The second kappa shape index (κ2) is 21.5. The van der Waals surface area contributed by atoms with Gasteiger partial charge in [0.15, 0.2) is 22.6 Å². The van der Waals surface area contributed by atoms with E-state index >= 15 is 0 Å². The summed E-state index contributed by atoms with van der Waals surface area (Å²) < 4.78 is 34.8. The summed E-state index contributed by atoms with van der Waals surface area (Å²) in [6.07, 6.45) is 0.